The van der Waals surface area contributed by atoms with Crippen LogP contribution in [0, 0.1) is 0 Å². The SMILES string of the molecule is O=C(/C=C/c1ccc(Cl)s1)NO. The number of carbonyl (C=O) groups excluding carboxylic acids is 1. The van der Waals surface area contributed by atoms with E-state index in [-0.39, 0.29) is 0 Å². The molecule has 5 heteroatoms. The van der Waals surface area contributed by atoms with Gasteiger partial charge in [0.15, 0.2) is 0 Å². The number of hydroxylamine groups is 1. The lowest BCUT2D eigenvalue weighted by molar-refractivity contribution is -0.124. The Balaban J connectivity index is 2.63. The molecule has 0 atom stereocenters. The van der Waals surface area contributed by atoms with Gasteiger partial charge in [0.2, 0.25) is 0 Å². The van der Waals surface area contributed by atoms with Crippen molar-refractivity contribution in [1.29, 1.82) is 0 Å². The largest absolute Gasteiger partial charge is 0.288 e. The fourth-order valence-electron chi connectivity index (χ4n) is 0.613. The summed E-state index contributed by atoms with van der Waals surface area (Å²) in [5.74, 6) is -0.556. The van der Waals surface area contributed by atoms with Crippen LogP contribution in [0.3, 0.4) is 0 Å². The average Bonchev–Trinajstić information content (AvgIpc) is 2.47. The van der Waals surface area contributed by atoms with Crippen LogP contribution >= 0.6 is 22.9 Å². The number of rotatable bonds is 2. The van der Waals surface area contributed by atoms with Crippen molar-refractivity contribution in [3.8, 4) is 0 Å². The second-order valence-electron chi connectivity index (χ2n) is 1.95. The van der Waals surface area contributed by atoms with Crippen LogP contribution in [0.1, 0.15) is 4.88 Å². The van der Waals surface area contributed by atoms with Gasteiger partial charge in [-0.2, -0.15) is 0 Å². The Kier molecular flexibility index (Phi) is 3.28. The maximum absolute atomic E-state index is 10.5. The quantitative estimate of drug-likeness (QED) is 0.438. The van der Waals surface area contributed by atoms with Gasteiger partial charge in [0.05, 0.1) is 4.34 Å². The number of carbonyl (C=O) groups is 1. The Morgan fingerprint density at radius 2 is 2.42 bits per heavy atom. The van der Waals surface area contributed by atoms with Crippen molar-refractivity contribution in [1.82, 2.24) is 5.48 Å². The van der Waals surface area contributed by atoms with E-state index in [1.54, 1.807) is 18.2 Å². The minimum absolute atomic E-state index is 0.556. The molecule has 1 heterocycles. The third kappa shape index (κ3) is 2.65. The van der Waals surface area contributed by atoms with Gasteiger partial charge in [-0.05, 0) is 18.2 Å². The molecule has 0 saturated heterocycles. The Morgan fingerprint density at radius 3 is 2.92 bits per heavy atom. The number of amides is 1. The van der Waals surface area contributed by atoms with E-state index >= 15 is 0 Å². The number of thiophene rings is 1. The number of hydrogen-bond donors (Lipinski definition) is 2. The molecule has 0 spiro atoms. The molecular formula is C7H6ClNO2S. The van der Waals surface area contributed by atoms with Crippen LogP contribution < -0.4 is 5.48 Å². The van der Waals surface area contributed by atoms with E-state index in [0.717, 1.165) is 4.88 Å². The summed E-state index contributed by atoms with van der Waals surface area (Å²) < 4.78 is 0.666. The highest BCUT2D eigenvalue weighted by Gasteiger charge is 1.94. The van der Waals surface area contributed by atoms with E-state index in [9.17, 15) is 4.79 Å². The van der Waals surface area contributed by atoms with Crippen LogP contribution in [0.5, 0.6) is 0 Å². The topological polar surface area (TPSA) is 49.3 Å². The summed E-state index contributed by atoms with van der Waals surface area (Å²) in [5, 5.41) is 8.14. The average molecular weight is 204 g/mol. The smallest absolute Gasteiger partial charge is 0.267 e. The molecule has 0 aromatic carbocycles. The molecule has 64 valence electrons. The molecule has 0 radical (unpaired) electrons. The third-order valence-electron chi connectivity index (χ3n) is 1.10. The predicted octanol–water partition coefficient (Wildman–Crippen LogP) is 1.92. The fourth-order valence-corrected chi connectivity index (χ4v) is 1.58. The second-order valence-corrected chi connectivity index (χ2v) is 3.70. The van der Waals surface area contributed by atoms with Crippen LogP contribution in [0.2, 0.25) is 4.34 Å². The van der Waals surface area contributed by atoms with Gasteiger partial charge in [0.1, 0.15) is 0 Å². The van der Waals surface area contributed by atoms with Gasteiger partial charge < -0.3 is 0 Å². The molecule has 3 nitrogen and oxygen atoms in total. The Hall–Kier alpha value is -0.840. The van der Waals surface area contributed by atoms with E-state index in [4.69, 9.17) is 16.8 Å². The minimum atomic E-state index is -0.556. The number of halogens is 1. The Bertz CT molecular complexity index is 308. The predicted molar refractivity (Wildman–Crippen MR) is 48.3 cm³/mol. The van der Waals surface area contributed by atoms with Crippen molar-refractivity contribution in [2.75, 3.05) is 0 Å². The van der Waals surface area contributed by atoms with Crippen molar-refractivity contribution in [3.63, 3.8) is 0 Å². The fraction of sp³-hybridized carbons (Fsp3) is 0. The van der Waals surface area contributed by atoms with Gasteiger partial charge in [0, 0.05) is 11.0 Å². The van der Waals surface area contributed by atoms with Gasteiger partial charge in [0.25, 0.3) is 5.91 Å². The lowest BCUT2D eigenvalue weighted by Gasteiger charge is -1.86. The molecule has 12 heavy (non-hydrogen) atoms. The highest BCUT2D eigenvalue weighted by Crippen LogP contribution is 2.22. The van der Waals surface area contributed by atoms with Crippen molar-refractivity contribution in [2.24, 2.45) is 0 Å². The van der Waals surface area contributed by atoms with Gasteiger partial charge in [-0.25, -0.2) is 5.48 Å². The minimum Gasteiger partial charge on any atom is -0.288 e. The standard InChI is InChI=1S/C7H6ClNO2S/c8-6-3-1-5(12-6)2-4-7(10)9-11/h1-4,11H,(H,9,10)/b4-2+. The van der Waals surface area contributed by atoms with Gasteiger partial charge in [-0.3, -0.25) is 10.0 Å². The molecule has 1 rings (SSSR count). The zero-order chi connectivity index (χ0) is 8.97. The summed E-state index contributed by atoms with van der Waals surface area (Å²) in [7, 11) is 0. The van der Waals surface area contributed by atoms with E-state index < -0.39 is 5.91 Å². The summed E-state index contributed by atoms with van der Waals surface area (Å²) in [6, 6.07) is 3.52. The summed E-state index contributed by atoms with van der Waals surface area (Å²) in [6.07, 6.45) is 2.80. The lowest BCUT2D eigenvalue weighted by atomic mass is 10.4. The third-order valence-corrected chi connectivity index (χ3v) is 2.30. The first-order valence-electron chi connectivity index (χ1n) is 3.10. The van der Waals surface area contributed by atoms with Crippen LogP contribution in [0.15, 0.2) is 18.2 Å². The van der Waals surface area contributed by atoms with E-state index in [1.807, 2.05) is 0 Å². The first-order valence-corrected chi connectivity index (χ1v) is 4.29. The first kappa shape index (κ1) is 9.25. The monoisotopic (exact) mass is 203 g/mol. The van der Waals surface area contributed by atoms with Gasteiger partial charge >= 0.3 is 0 Å². The second kappa shape index (κ2) is 4.25. The zero-order valence-electron chi connectivity index (χ0n) is 5.95. The highest BCUT2D eigenvalue weighted by atomic mass is 35.5. The molecule has 2 N–H and O–H groups in total. The maximum Gasteiger partial charge on any atom is 0.267 e. The van der Waals surface area contributed by atoms with E-state index in [2.05, 4.69) is 0 Å². The molecule has 1 aromatic rings. The van der Waals surface area contributed by atoms with Crippen molar-refractivity contribution in [3.05, 3.63) is 27.4 Å². The van der Waals surface area contributed by atoms with Crippen molar-refractivity contribution in [2.45, 2.75) is 0 Å². The summed E-state index contributed by atoms with van der Waals surface area (Å²) in [6.45, 7) is 0. The van der Waals surface area contributed by atoms with Crippen LogP contribution in [-0.4, -0.2) is 11.1 Å². The Labute approximate surface area is 78.2 Å². The molecule has 1 aromatic heterocycles. The normalized spacial score (nSPS) is 10.5. The molecule has 0 aliphatic rings. The maximum atomic E-state index is 10.5. The summed E-state index contributed by atoms with van der Waals surface area (Å²) in [5.41, 5.74) is 1.49. The molecule has 0 aliphatic carbocycles. The molecule has 0 saturated carbocycles. The molecular weight excluding hydrogens is 198 g/mol. The lowest BCUT2D eigenvalue weighted by Crippen LogP contribution is -2.14. The van der Waals surface area contributed by atoms with Crippen LogP contribution in [0.4, 0.5) is 0 Å². The Morgan fingerprint density at radius 1 is 1.67 bits per heavy atom. The molecule has 1 amide bonds. The van der Waals surface area contributed by atoms with Crippen LogP contribution in [-0.2, 0) is 4.79 Å². The van der Waals surface area contributed by atoms with Crippen molar-refractivity contribution < 1.29 is 10.0 Å². The molecule has 0 aliphatic heterocycles. The van der Waals surface area contributed by atoms with Gasteiger partial charge in [-0.15, -0.1) is 11.3 Å². The number of nitrogens with one attached hydrogen (secondary N) is 1. The molecule has 0 unspecified atom stereocenters. The molecule has 0 fully saturated rings. The highest BCUT2D eigenvalue weighted by molar-refractivity contribution is 7.17. The van der Waals surface area contributed by atoms with Gasteiger partial charge in [-0.1, -0.05) is 11.6 Å². The zero-order valence-corrected chi connectivity index (χ0v) is 7.52. The van der Waals surface area contributed by atoms with E-state index in [1.165, 1.54) is 22.9 Å². The number of hydrogen-bond acceptors (Lipinski definition) is 3. The van der Waals surface area contributed by atoms with Crippen LogP contribution in [0.25, 0.3) is 6.08 Å². The summed E-state index contributed by atoms with van der Waals surface area (Å²) >= 11 is 7.00. The van der Waals surface area contributed by atoms with Crippen molar-refractivity contribution >= 4 is 34.9 Å². The summed E-state index contributed by atoms with van der Waals surface area (Å²) in [4.78, 5) is 11.4. The van der Waals surface area contributed by atoms with E-state index in [0.29, 0.717) is 4.34 Å². The first-order chi connectivity index (χ1) is 5.72. The molecule has 0 bridgehead atoms.